The molecule has 0 aliphatic carbocycles. The summed E-state index contributed by atoms with van der Waals surface area (Å²) in [5.74, 6) is 0.186. The number of nitriles is 1. The molecule has 1 aliphatic heterocycles. The number of methoxy groups -OCH3 is 1. The highest BCUT2D eigenvalue weighted by Gasteiger charge is 2.35. The van der Waals surface area contributed by atoms with Gasteiger partial charge < -0.3 is 9.47 Å². The first-order valence-electron chi connectivity index (χ1n) is 14.8. The number of amides is 2. The molecule has 0 atom stereocenters. The number of hydrogen-bond donors (Lipinski definition) is 0. The fourth-order valence-corrected chi connectivity index (χ4v) is 5.45. The summed E-state index contributed by atoms with van der Waals surface area (Å²) in [6.45, 7) is 1.94. The maximum absolute atomic E-state index is 13.9. The quantitative estimate of drug-likeness (QED) is 0.122. The maximum atomic E-state index is 13.9. The second-order valence-electron chi connectivity index (χ2n) is 10.8. The number of carbonyl (C=O) groups excluding carboxylic acids is 2. The van der Waals surface area contributed by atoms with Gasteiger partial charge in [0, 0.05) is 33.5 Å². The van der Waals surface area contributed by atoms with Crippen LogP contribution in [0.2, 0.25) is 5.02 Å². The Hall–Kier alpha value is -5.91. The average Bonchev–Trinajstić information content (AvgIpc) is 3.53. The van der Waals surface area contributed by atoms with E-state index in [1.54, 1.807) is 49.1 Å². The van der Waals surface area contributed by atoms with Gasteiger partial charge in [0.1, 0.15) is 29.7 Å². The van der Waals surface area contributed by atoms with E-state index in [-0.39, 0.29) is 17.7 Å². The third-order valence-electron chi connectivity index (χ3n) is 7.87. The summed E-state index contributed by atoms with van der Waals surface area (Å²) in [7, 11) is 1.56. The fraction of sp³-hybridized carbons (Fsp3) is 0.105. The Morgan fingerprint density at radius 1 is 0.872 bits per heavy atom. The first-order chi connectivity index (χ1) is 22.9. The van der Waals surface area contributed by atoms with Gasteiger partial charge in [-0.3, -0.25) is 14.5 Å². The van der Waals surface area contributed by atoms with Crippen LogP contribution in [-0.4, -0.2) is 33.6 Å². The summed E-state index contributed by atoms with van der Waals surface area (Å²) in [6.07, 6.45) is 3.53. The van der Waals surface area contributed by atoms with Gasteiger partial charge in [-0.25, -0.2) is 4.68 Å². The van der Waals surface area contributed by atoms with Crippen LogP contribution < -0.4 is 9.47 Å². The second kappa shape index (κ2) is 13.6. The Morgan fingerprint density at radius 2 is 1.55 bits per heavy atom. The molecule has 0 spiro atoms. The SMILES string of the molecule is COc1ccc(CN2C(=O)C(C#N)=C(C)/C(=C\c3cn(-c4ccccc4)nc3-c3ccc(OCc4ccccc4Cl)cc3)C2=O)cc1. The molecule has 1 aromatic heterocycles. The summed E-state index contributed by atoms with van der Waals surface area (Å²) < 4.78 is 12.9. The zero-order valence-electron chi connectivity index (χ0n) is 25.7. The minimum absolute atomic E-state index is 0.00323. The molecular weight excluding hydrogens is 612 g/mol. The lowest BCUT2D eigenvalue weighted by Crippen LogP contribution is -2.42. The van der Waals surface area contributed by atoms with Crippen molar-refractivity contribution in [3.63, 3.8) is 0 Å². The van der Waals surface area contributed by atoms with Crippen molar-refractivity contribution in [1.82, 2.24) is 14.7 Å². The summed E-state index contributed by atoms with van der Waals surface area (Å²) in [5.41, 5.74) is 4.93. The minimum atomic E-state index is -0.629. The van der Waals surface area contributed by atoms with Crippen LogP contribution in [0.15, 0.2) is 126 Å². The Balaban J connectivity index is 1.37. The molecule has 0 fully saturated rings. The van der Waals surface area contributed by atoms with Gasteiger partial charge in [0.25, 0.3) is 11.8 Å². The van der Waals surface area contributed by atoms with E-state index >= 15 is 0 Å². The summed E-state index contributed by atoms with van der Waals surface area (Å²) >= 11 is 6.29. The third kappa shape index (κ3) is 6.57. The highest BCUT2D eigenvalue weighted by atomic mass is 35.5. The predicted octanol–water partition coefficient (Wildman–Crippen LogP) is 7.57. The highest BCUT2D eigenvalue weighted by Crippen LogP contribution is 2.33. The third-order valence-corrected chi connectivity index (χ3v) is 8.24. The number of benzene rings is 4. The number of aromatic nitrogens is 2. The number of ether oxygens (including phenoxy) is 2. The molecule has 0 N–H and O–H groups in total. The molecule has 6 rings (SSSR count). The van der Waals surface area contributed by atoms with Crippen LogP contribution in [0.25, 0.3) is 23.0 Å². The molecule has 232 valence electrons. The van der Waals surface area contributed by atoms with Crippen molar-refractivity contribution < 1.29 is 19.1 Å². The number of nitrogens with zero attached hydrogens (tertiary/aromatic N) is 4. The molecule has 0 unspecified atom stereocenters. The molecule has 4 aromatic carbocycles. The predicted molar refractivity (Wildman–Crippen MR) is 180 cm³/mol. The van der Waals surface area contributed by atoms with Crippen molar-refractivity contribution in [3.8, 4) is 34.5 Å². The molecule has 47 heavy (non-hydrogen) atoms. The number of imide groups is 1. The molecule has 9 heteroatoms. The molecule has 0 bridgehead atoms. The van der Waals surface area contributed by atoms with Crippen molar-refractivity contribution in [2.75, 3.05) is 7.11 Å². The molecule has 0 saturated carbocycles. The monoisotopic (exact) mass is 640 g/mol. The number of carbonyl (C=O) groups is 2. The number of rotatable bonds is 9. The molecule has 2 heterocycles. The van der Waals surface area contributed by atoms with E-state index in [0.29, 0.717) is 40.0 Å². The van der Waals surface area contributed by atoms with Gasteiger partial charge in [0.2, 0.25) is 0 Å². The Kier molecular flexibility index (Phi) is 9.00. The van der Waals surface area contributed by atoms with Crippen molar-refractivity contribution in [3.05, 3.63) is 148 Å². The molecule has 0 radical (unpaired) electrons. The van der Waals surface area contributed by atoms with Crippen molar-refractivity contribution in [1.29, 1.82) is 5.26 Å². The summed E-state index contributed by atoms with van der Waals surface area (Å²) in [6, 6.07) is 33.7. The van der Waals surface area contributed by atoms with Crippen LogP contribution in [0.4, 0.5) is 0 Å². The van der Waals surface area contributed by atoms with Gasteiger partial charge in [-0.05, 0) is 78.7 Å². The number of hydrogen-bond acceptors (Lipinski definition) is 6. The van der Waals surface area contributed by atoms with Crippen LogP contribution in [0, 0.1) is 11.3 Å². The minimum Gasteiger partial charge on any atom is -0.497 e. The van der Waals surface area contributed by atoms with Crippen molar-refractivity contribution in [2.24, 2.45) is 0 Å². The number of halogens is 1. The average molecular weight is 641 g/mol. The Morgan fingerprint density at radius 3 is 2.23 bits per heavy atom. The van der Waals surface area contributed by atoms with E-state index in [2.05, 4.69) is 0 Å². The van der Waals surface area contributed by atoms with E-state index in [4.69, 9.17) is 26.2 Å². The molecule has 8 nitrogen and oxygen atoms in total. The topological polar surface area (TPSA) is 97.5 Å². The van der Waals surface area contributed by atoms with E-state index < -0.39 is 11.8 Å². The summed E-state index contributed by atoms with van der Waals surface area (Å²) in [5, 5.41) is 15.5. The van der Waals surface area contributed by atoms with Crippen molar-refractivity contribution in [2.45, 2.75) is 20.1 Å². The number of para-hydroxylation sites is 1. The zero-order valence-corrected chi connectivity index (χ0v) is 26.4. The van der Waals surface area contributed by atoms with E-state index in [1.807, 2.05) is 91.1 Å². The normalized spacial score (nSPS) is 14.0. The highest BCUT2D eigenvalue weighted by molar-refractivity contribution is 6.31. The first kappa shape index (κ1) is 31.1. The van der Waals surface area contributed by atoms with Crippen LogP contribution >= 0.6 is 11.6 Å². The van der Waals surface area contributed by atoms with Gasteiger partial charge in [0.05, 0.1) is 25.0 Å². The van der Waals surface area contributed by atoms with Gasteiger partial charge >= 0.3 is 0 Å². The fourth-order valence-electron chi connectivity index (χ4n) is 5.26. The van der Waals surface area contributed by atoms with Crippen LogP contribution in [0.3, 0.4) is 0 Å². The van der Waals surface area contributed by atoms with Gasteiger partial charge in [0.15, 0.2) is 0 Å². The van der Waals surface area contributed by atoms with E-state index in [9.17, 15) is 14.9 Å². The molecular formula is C38H29ClN4O4. The molecule has 5 aromatic rings. The standard InChI is InChI=1S/C38H29ClN4O4/c1-25-33(37(44)42(38(45)34(25)21-40)22-26-12-16-31(46-2)17-13-26)20-29-23-43(30-9-4-3-5-10-30)41-36(29)27-14-18-32(19-15-27)47-24-28-8-6-7-11-35(28)39/h3-20,23H,22,24H2,1-2H3/b33-20+. The van der Waals surface area contributed by atoms with E-state index in [0.717, 1.165) is 27.3 Å². The zero-order chi connectivity index (χ0) is 32.9. The lowest BCUT2D eigenvalue weighted by Gasteiger charge is -2.27. The molecule has 0 saturated heterocycles. The van der Waals surface area contributed by atoms with Gasteiger partial charge in [-0.1, -0.05) is 60.1 Å². The molecule has 1 aliphatic rings. The van der Waals surface area contributed by atoms with Crippen LogP contribution in [-0.2, 0) is 22.7 Å². The van der Waals surface area contributed by atoms with Crippen molar-refractivity contribution >= 4 is 29.5 Å². The second-order valence-corrected chi connectivity index (χ2v) is 11.2. The van der Waals surface area contributed by atoms with E-state index in [1.165, 1.54) is 0 Å². The smallest absolute Gasteiger partial charge is 0.271 e. The lowest BCUT2D eigenvalue weighted by molar-refractivity contribution is -0.141. The van der Waals surface area contributed by atoms with Crippen LogP contribution in [0.5, 0.6) is 11.5 Å². The Bertz CT molecular complexity index is 2060. The van der Waals surface area contributed by atoms with Crippen LogP contribution in [0.1, 0.15) is 23.6 Å². The maximum Gasteiger partial charge on any atom is 0.271 e. The Labute approximate surface area is 277 Å². The first-order valence-corrected chi connectivity index (χ1v) is 15.2. The lowest BCUT2D eigenvalue weighted by atomic mass is 9.93. The van der Waals surface area contributed by atoms with Gasteiger partial charge in [-0.15, -0.1) is 0 Å². The molecule has 2 amide bonds. The summed E-state index contributed by atoms with van der Waals surface area (Å²) in [4.78, 5) is 28.4. The largest absolute Gasteiger partial charge is 0.497 e. The van der Waals surface area contributed by atoms with Gasteiger partial charge in [-0.2, -0.15) is 10.4 Å².